The molecule has 0 saturated carbocycles. The van der Waals surface area contributed by atoms with Crippen molar-refractivity contribution < 1.29 is 14.3 Å². The first-order valence-electron chi connectivity index (χ1n) is 8.77. The lowest BCUT2D eigenvalue weighted by molar-refractivity contribution is -0.146. The van der Waals surface area contributed by atoms with Gasteiger partial charge in [-0.15, -0.1) is 0 Å². The maximum atomic E-state index is 12.6. The van der Waals surface area contributed by atoms with Crippen molar-refractivity contribution in [3.05, 3.63) is 48.0 Å². The van der Waals surface area contributed by atoms with Gasteiger partial charge in [0, 0.05) is 5.92 Å². The van der Waals surface area contributed by atoms with Gasteiger partial charge in [-0.3, -0.25) is 4.79 Å². The molecule has 4 heteroatoms. The van der Waals surface area contributed by atoms with E-state index in [0.29, 0.717) is 12.8 Å². The molecule has 0 unspecified atom stereocenters. The van der Waals surface area contributed by atoms with Gasteiger partial charge in [0.25, 0.3) is 0 Å². The Morgan fingerprint density at radius 1 is 1.04 bits per heavy atom. The van der Waals surface area contributed by atoms with Crippen LogP contribution in [0.15, 0.2) is 42.5 Å². The molecule has 1 N–H and O–H groups in total. The molecule has 0 fully saturated rings. The molecule has 134 valence electrons. The highest BCUT2D eigenvalue weighted by atomic mass is 16.5. The van der Waals surface area contributed by atoms with Gasteiger partial charge in [-0.05, 0) is 35.1 Å². The third-order valence-electron chi connectivity index (χ3n) is 4.36. The Kier molecular flexibility index (Phi) is 6.57. The summed E-state index contributed by atoms with van der Waals surface area (Å²) in [4.78, 5) is 24.5. The molecular weight excluding hydrogens is 314 g/mol. The van der Waals surface area contributed by atoms with Crippen LogP contribution in [0.1, 0.15) is 32.8 Å². The predicted octanol–water partition coefficient (Wildman–Crippen LogP) is 3.72. The van der Waals surface area contributed by atoms with Crippen LogP contribution < -0.4 is 5.32 Å². The smallest absolute Gasteiger partial charge is 0.328 e. The van der Waals surface area contributed by atoms with E-state index in [1.54, 1.807) is 0 Å². The number of nitrogens with one attached hydrogen (secondary N) is 1. The highest BCUT2D eigenvalue weighted by molar-refractivity contribution is 5.88. The Bertz CT molecular complexity index is 734. The number of amides is 1. The normalized spacial score (nSPS) is 13.5. The summed E-state index contributed by atoms with van der Waals surface area (Å²) in [5, 5.41) is 5.18. The van der Waals surface area contributed by atoms with Crippen LogP contribution in [0.25, 0.3) is 10.8 Å². The Morgan fingerprint density at radius 3 is 2.40 bits per heavy atom. The van der Waals surface area contributed by atoms with Crippen molar-refractivity contribution in [2.45, 2.75) is 39.7 Å². The molecule has 2 rings (SSSR count). The Balaban J connectivity index is 2.09. The average molecular weight is 341 g/mol. The van der Waals surface area contributed by atoms with Crippen molar-refractivity contribution >= 4 is 22.6 Å². The third kappa shape index (κ3) is 5.05. The fourth-order valence-corrected chi connectivity index (χ4v) is 3.03. The predicted molar refractivity (Wildman–Crippen MR) is 100 cm³/mol. The number of esters is 1. The number of hydrogen-bond acceptors (Lipinski definition) is 3. The van der Waals surface area contributed by atoms with E-state index in [1.165, 1.54) is 12.5 Å². The van der Waals surface area contributed by atoms with E-state index in [9.17, 15) is 9.59 Å². The molecule has 2 aromatic rings. The second-order valence-electron chi connectivity index (χ2n) is 6.96. The first-order valence-corrected chi connectivity index (χ1v) is 8.77. The molecule has 0 radical (unpaired) electrons. The fourth-order valence-electron chi connectivity index (χ4n) is 3.03. The second kappa shape index (κ2) is 8.65. The number of ether oxygens (including phenoxy) is 1. The van der Waals surface area contributed by atoms with Crippen LogP contribution in [0.2, 0.25) is 0 Å². The summed E-state index contributed by atoms with van der Waals surface area (Å²) in [5.41, 5.74) is 1.14. The summed E-state index contributed by atoms with van der Waals surface area (Å²) >= 11 is 0. The molecule has 0 aliphatic carbocycles. The SMILES string of the molecule is COC(=O)[C@H](CC(C)C)NC(=O)[C@@H](C)Cc1cccc2ccccc12. The van der Waals surface area contributed by atoms with Gasteiger partial charge < -0.3 is 10.1 Å². The Morgan fingerprint density at radius 2 is 1.72 bits per heavy atom. The van der Waals surface area contributed by atoms with E-state index in [1.807, 2.05) is 39.0 Å². The minimum atomic E-state index is -0.590. The zero-order valence-corrected chi connectivity index (χ0v) is 15.4. The number of carbonyl (C=O) groups is 2. The van der Waals surface area contributed by atoms with Gasteiger partial charge >= 0.3 is 5.97 Å². The molecule has 0 aliphatic heterocycles. The summed E-state index contributed by atoms with van der Waals surface area (Å²) in [6.07, 6.45) is 1.20. The van der Waals surface area contributed by atoms with Gasteiger partial charge in [0.2, 0.25) is 5.91 Å². The van der Waals surface area contributed by atoms with Crippen LogP contribution in [0.3, 0.4) is 0 Å². The van der Waals surface area contributed by atoms with Crippen LogP contribution in [-0.4, -0.2) is 25.0 Å². The van der Waals surface area contributed by atoms with Crippen molar-refractivity contribution in [1.82, 2.24) is 5.32 Å². The monoisotopic (exact) mass is 341 g/mol. The van der Waals surface area contributed by atoms with Crippen LogP contribution in [-0.2, 0) is 20.7 Å². The van der Waals surface area contributed by atoms with Crippen LogP contribution in [0.4, 0.5) is 0 Å². The topological polar surface area (TPSA) is 55.4 Å². The number of rotatable bonds is 7. The summed E-state index contributed by atoms with van der Waals surface area (Å²) in [5.74, 6) is -0.453. The number of benzene rings is 2. The molecule has 1 amide bonds. The van der Waals surface area contributed by atoms with Gasteiger partial charge in [0.05, 0.1) is 7.11 Å². The lowest BCUT2D eigenvalue weighted by atomic mass is 9.95. The van der Waals surface area contributed by atoms with E-state index in [2.05, 4.69) is 29.6 Å². The quantitative estimate of drug-likeness (QED) is 0.781. The average Bonchev–Trinajstić information content (AvgIpc) is 2.60. The fraction of sp³-hybridized carbons (Fsp3) is 0.429. The number of fused-ring (bicyclic) bond motifs is 1. The number of carbonyl (C=O) groups excluding carboxylic acids is 2. The zero-order chi connectivity index (χ0) is 18.4. The van der Waals surface area contributed by atoms with Crippen molar-refractivity contribution in [2.75, 3.05) is 7.11 Å². The first-order chi connectivity index (χ1) is 11.9. The molecular formula is C21H27NO3. The Hall–Kier alpha value is -2.36. The van der Waals surface area contributed by atoms with Gasteiger partial charge in [-0.25, -0.2) is 4.79 Å². The van der Waals surface area contributed by atoms with E-state index < -0.39 is 6.04 Å². The van der Waals surface area contributed by atoms with E-state index in [4.69, 9.17) is 4.74 Å². The van der Waals surface area contributed by atoms with E-state index >= 15 is 0 Å². The number of hydrogen-bond donors (Lipinski definition) is 1. The molecule has 0 spiro atoms. The summed E-state index contributed by atoms with van der Waals surface area (Å²) < 4.78 is 4.82. The molecule has 25 heavy (non-hydrogen) atoms. The molecule has 0 bridgehead atoms. The van der Waals surface area contributed by atoms with Crippen molar-refractivity contribution in [3.8, 4) is 0 Å². The third-order valence-corrected chi connectivity index (χ3v) is 4.36. The maximum absolute atomic E-state index is 12.6. The molecule has 2 aromatic carbocycles. The lowest BCUT2D eigenvalue weighted by Crippen LogP contribution is -2.44. The van der Waals surface area contributed by atoms with Crippen LogP contribution in [0.5, 0.6) is 0 Å². The van der Waals surface area contributed by atoms with E-state index in [0.717, 1.165) is 10.9 Å². The molecule has 0 aromatic heterocycles. The number of methoxy groups -OCH3 is 1. The van der Waals surface area contributed by atoms with Crippen molar-refractivity contribution in [1.29, 1.82) is 0 Å². The molecule has 4 nitrogen and oxygen atoms in total. The van der Waals surface area contributed by atoms with Crippen LogP contribution >= 0.6 is 0 Å². The minimum Gasteiger partial charge on any atom is -0.467 e. The van der Waals surface area contributed by atoms with E-state index in [-0.39, 0.29) is 23.7 Å². The molecule has 2 atom stereocenters. The largest absolute Gasteiger partial charge is 0.467 e. The van der Waals surface area contributed by atoms with Gasteiger partial charge in [-0.2, -0.15) is 0 Å². The van der Waals surface area contributed by atoms with Gasteiger partial charge in [-0.1, -0.05) is 63.2 Å². The van der Waals surface area contributed by atoms with Crippen molar-refractivity contribution in [3.63, 3.8) is 0 Å². The summed E-state index contributed by atoms with van der Waals surface area (Å²) in [7, 11) is 1.35. The van der Waals surface area contributed by atoms with Crippen LogP contribution in [0, 0.1) is 11.8 Å². The highest BCUT2D eigenvalue weighted by Crippen LogP contribution is 2.21. The molecule has 0 aliphatic rings. The Labute approximate surface area is 149 Å². The second-order valence-corrected chi connectivity index (χ2v) is 6.96. The highest BCUT2D eigenvalue weighted by Gasteiger charge is 2.25. The summed E-state index contributed by atoms with van der Waals surface area (Å²) in [6.45, 7) is 5.92. The first kappa shape index (κ1) is 19.0. The molecule has 0 heterocycles. The standard InChI is InChI=1S/C21H27NO3/c1-14(2)12-19(21(24)25-4)22-20(23)15(3)13-17-10-7-9-16-8-5-6-11-18(16)17/h5-11,14-15,19H,12-13H2,1-4H3,(H,22,23)/t15-,19-/m0/s1. The summed E-state index contributed by atoms with van der Waals surface area (Å²) in [6, 6.07) is 13.7. The van der Waals surface area contributed by atoms with Gasteiger partial charge in [0.15, 0.2) is 0 Å². The maximum Gasteiger partial charge on any atom is 0.328 e. The molecule has 0 saturated heterocycles. The van der Waals surface area contributed by atoms with Crippen molar-refractivity contribution in [2.24, 2.45) is 11.8 Å². The minimum absolute atomic E-state index is 0.121. The zero-order valence-electron chi connectivity index (χ0n) is 15.4. The lowest BCUT2D eigenvalue weighted by Gasteiger charge is -2.21. The van der Waals surface area contributed by atoms with Gasteiger partial charge in [0.1, 0.15) is 6.04 Å².